The summed E-state index contributed by atoms with van der Waals surface area (Å²) in [5.41, 5.74) is 0.756. The SMILES string of the molecule is CC(C)C[C@@H](N=C1NS(=O)(=O)c2ccccc21)C(=O)Nc1ccc(F)c(Cl)c1. The highest BCUT2D eigenvalue weighted by molar-refractivity contribution is 7.90. The summed E-state index contributed by atoms with van der Waals surface area (Å²) in [4.78, 5) is 17.3. The van der Waals surface area contributed by atoms with Crippen LogP contribution in [0.4, 0.5) is 10.1 Å². The van der Waals surface area contributed by atoms with Crippen LogP contribution in [0.5, 0.6) is 0 Å². The van der Waals surface area contributed by atoms with Gasteiger partial charge in [-0.25, -0.2) is 12.8 Å². The van der Waals surface area contributed by atoms with Crippen LogP contribution in [-0.4, -0.2) is 26.2 Å². The molecular weight excluding hydrogens is 405 g/mol. The first kappa shape index (κ1) is 20.3. The van der Waals surface area contributed by atoms with Crippen molar-refractivity contribution < 1.29 is 17.6 Å². The minimum absolute atomic E-state index is 0.109. The number of benzene rings is 2. The number of amides is 1. The van der Waals surface area contributed by atoms with Crippen LogP contribution in [0.1, 0.15) is 25.8 Å². The van der Waals surface area contributed by atoms with Gasteiger partial charge in [-0.05, 0) is 42.7 Å². The first-order valence-electron chi connectivity index (χ1n) is 8.63. The summed E-state index contributed by atoms with van der Waals surface area (Å²) in [5, 5.41) is 2.55. The first-order valence-corrected chi connectivity index (χ1v) is 10.5. The van der Waals surface area contributed by atoms with Crippen LogP contribution in [0, 0.1) is 11.7 Å². The molecule has 0 bridgehead atoms. The van der Waals surface area contributed by atoms with Crippen molar-refractivity contribution >= 4 is 39.1 Å². The van der Waals surface area contributed by atoms with Gasteiger partial charge < -0.3 is 5.32 Å². The second kappa shape index (κ2) is 7.89. The van der Waals surface area contributed by atoms with Crippen molar-refractivity contribution in [2.75, 3.05) is 5.32 Å². The quantitative estimate of drug-likeness (QED) is 0.770. The van der Waals surface area contributed by atoms with Crippen LogP contribution in [-0.2, 0) is 14.8 Å². The van der Waals surface area contributed by atoms with Crippen LogP contribution in [0.15, 0.2) is 52.4 Å². The molecule has 148 valence electrons. The van der Waals surface area contributed by atoms with Gasteiger partial charge in [-0.2, -0.15) is 0 Å². The molecular formula is C19H19ClFN3O3S. The van der Waals surface area contributed by atoms with E-state index in [2.05, 4.69) is 15.0 Å². The number of sulfonamides is 1. The predicted octanol–water partition coefficient (Wildman–Crippen LogP) is 3.57. The molecule has 2 aromatic carbocycles. The van der Waals surface area contributed by atoms with Gasteiger partial charge in [0.1, 0.15) is 17.7 Å². The third-order valence-electron chi connectivity index (χ3n) is 4.13. The summed E-state index contributed by atoms with van der Waals surface area (Å²) in [6.45, 7) is 3.87. The number of rotatable bonds is 5. The standard InChI is InChI=1S/C19H19ClFN3O3S/c1-11(2)9-16(19(25)22-12-7-8-15(21)14(20)10-12)23-18-13-5-3-4-6-17(13)28(26,27)24-18/h3-8,10-11,16H,9H2,1-2H3,(H,22,25)(H,23,24)/t16-/m1/s1. The zero-order valence-corrected chi connectivity index (χ0v) is 16.8. The molecule has 0 saturated carbocycles. The minimum atomic E-state index is -3.70. The number of aliphatic imine (C=N–C) groups is 1. The number of halogens is 2. The van der Waals surface area contributed by atoms with E-state index in [1.807, 2.05) is 13.8 Å². The van der Waals surface area contributed by atoms with Gasteiger partial charge in [0.05, 0.1) is 9.92 Å². The highest BCUT2D eigenvalue weighted by atomic mass is 35.5. The van der Waals surface area contributed by atoms with E-state index in [0.29, 0.717) is 17.7 Å². The van der Waals surface area contributed by atoms with Crippen LogP contribution >= 0.6 is 11.6 Å². The van der Waals surface area contributed by atoms with Crippen molar-refractivity contribution in [1.29, 1.82) is 0 Å². The number of nitrogens with one attached hydrogen (secondary N) is 2. The second-order valence-corrected chi connectivity index (χ2v) is 8.90. The molecule has 1 amide bonds. The van der Waals surface area contributed by atoms with E-state index in [-0.39, 0.29) is 21.7 Å². The monoisotopic (exact) mass is 423 g/mol. The Hall–Kier alpha value is -2.45. The van der Waals surface area contributed by atoms with Crippen LogP contribution < -0.4 is 10.0 Å². The van der Waals surface area contributed by atoms with Gasteiger partial charge in [0.25, 0.3) is 10.0 Å². The van der Waals surface area contributed by atoms with Gasteiger partial charge in [-0.3, -0.25) is 14.5 Å². The second-order valence-electron chi connectivity index (χ2n) is 6.84. The predicted molar refractivity (Wildman–Crippen MR) is 107 cm³/mol. The normalized spacial score (nSPS) is 17.2. The smallest absolute Gasteiger partial charge is 0.263 e. The largest absolute Gasteiger partial charge is 0.324 e. The molecule has 0 fully saturated rings. The average Bonchev–Trinajstić information content (AvgIpc) is 2.88. The van der Waals surface area contributed by atoms with E-state index in [1.165, 1.54) is 18.2 Å². The Bertz CT molecular complexity index is 1050. The lowest BCUT2D eigenvalue weighted by atomic mass is 10.0. The first-order chi connectivity index (χ1) is 13.2. The fourth-order valence-corrected chi connectivity index (χ4v) is 4.27. The van der Waals surface area contributed by atoms with Crippen molar-refractivity contribution in [2.45, 2.75) is 31.2 Å². The molecule has 1 aliphatic heterocycles. The summed E-state index contributed by atoms with van der Waals surface area (Å²) in [6, 6.07) is 9.46. The molecule has 0 spiro atoms. The lowest BCUT2D eigenvalue weighted by molar-refractivity contribution is -0.117. The van der Waals surface area contributed by atoms with Gasteiger partial charge >= 0.3 is 0 Å². The van der Waals surface area contributed by atoms with Gasteiger partial charge in [-0.1, -0.05) is 37.6 Å². The number of anilines is 1. The number of nitrogens with zero attached hydrogens (tertiary/aromatic N) is 1. The van der Waals surface area contributed by atoms with Crippen LogP contribution in [0.3, 0.4) is 0 Å². The molecule has 3 rings (SSSR count). The zero-order valence-electron chi connectivity index (χ0n) is 15.2. The van der Waals surface area contributed by atoms with Crippen molar-refractivity contribution in [3.05, 3.63) is 58.9 Å². The average molecular weight is 424 g/mol. The lowest BCUT2D eigenvalue weighted by Crippen LogP contribution is -2.31. The number of carbonyl (C=O) groups excluding carboxylic acids is 1. The molecule has 1 atom stereocenters. The molecule has 1 aliphatic rings. The third-order valence-corrected chi connectivity index (χ3v) is 5.82. The molecule has 0 aromatic heterocycles. The molecule has 2 N–H and O–H groups in total. The van der Waals surface area contributed by atoms with Crippen LogP contribution in [0.2, 0.25) is 5.02 Å². The van der Waals surface area contributed by atoms with Crippen LogP contribution in [0.25, 0.3) is 0 Å². The van der Waals surface area contributed by atoms with Gasteiger partial charge in [-0.15, -0.1) is 0 Å². The van der Waals surface area contributed by atoms with E-state index in [9.17, 15) is 17.6 Å². The maximum atomic E-state index is 13.3. The number of hydrogen-bond acceptors (Lipinski definition) is 4. The third kappa shape index (κ3) is 4.34. The Kier molecular flexibility index (Phi) is 5.71. The number of amidine groups is 1. The summed E-state index contributed by atoms with van der Waals surface area (Å²) in [5.74, 6) is -0.762. The summed E-state index contributed by atoms with van der Waals surface area (Å²) < 4.78 is 40.2. The Balaban J connectivity index is 1.91. The zero-order chi connectivity index (χ0) is 20.5. The molecule has 0 unspecified atom stereocenters. The van der Waals surface area contributed by atoms with Crippen molar-refractivity contribution in [1.82, 2.24) is 4.72 Å². The molecule has 0 radical (unpaired) electrons. The summed E-state index contributed by atoms with van der Waals surface area (Å²) in [6.07, 6.45) is 0.397. The molecule has 0 aliphatic carbocycles. The van der Waals surface area contributed by atoms with Gasteiger partial charge in [0.15, 0.2) is 0 Å². The fourth-order valence-electron chi connectivity index (χ4n) is 2.85. The highest BCUT2D eigenvalue weighted by Gasteiger charge is 2.32. The molecule has 28 heavy (non-hydrogen) atoms. The topological polar surface area (TPSA) is 87.6 Å². The maximum absolute atomic E-state index is 13.3. The van der Waals surface area contributed by atoms with E-state index < -0.39 is 27.8 Å². The van der Waals surface area contributed by atoms with E-state index in [0.717, 1.165) is 6.07 Å². The Morgan fingerprint density at radius 2 is 1.96 bits per heavy atom. The number of fused-ring (bicyclic) bond motifs is 1. The van der Waals surface area contributed by atoms with Gasteiger partial charge in [0.2, 0.25) is 5.91 Å². The van der Waals surface area contributed by atoms with E-state index in [1.54, 1.807) is 18.2 Å². The Morgan fingerprint density at radius 1 is 1.25 bits per heavy atom. The minimum Gasteiger partial charge on any atom is -0.324 e. The van der Waals surface area contributed by atoms with Crippen molar-refractivity contribution in [2.24, 2.45) is 10.9 Å². The molecule has 0 saturated heterocycles. The number of carbonyl (C=O) groups is 1. The fraction of sp³-hybridized carbons (Fsp3) is 0.263. The number of hydrogen-bond donors (Lipinski definition) is 2. The van der Waals surface area contributed by atoms with E-state index >= 15 is 0 Å². The lowest BCUT2D eigenvalue weighted by Gasteiger charge is -2.16. The molecule has 6 nitrogen and oxygen atoms in total. The Labute approximate surface area is 167 Å². The molecule has 1 heterocycles. The van der Waals surface area contributed by atoms with Crippen molar-refractivity contribution in [3.8, 4) is 0 Å². The summed E-state index contributed by atoms with van der Waals surface area (Å²) >= 11 is 5.76. The van der Waals surface area contributed by atoms with Gasteiger partial charge in [0, 0.05) is 11.3 Å². The molecule has 2 aromatic rings. The highest BCUT2D eigenvalue weighted by Crippen LogP contribution is 2.24. The maximum Gasteiger partial charge on any atom is 0.263 e. The Morgan fingerprint density at radius 3 is 2.64 bits per heavy atom. The van der Waals surface area contributed by atoms with E-state index in [4.69, 9.17) is 11.6 Å². The molecule has 9 heteroatoms. The van der Waals surface area contributed by atoms with Crippen molar-refractivity contribution in [3.63, 3.8) is 0 Å². The summed E-state index contributed by atoms with van der Waals surface area (Å²) in [7, 11) is -3.70.